The second-order valence-electron chi connectivity index (χ2n) is 21.0. The molecule has 1 aliphatic heterocycles. The molecule has 3 aliphatic carbocycles. The van der Waals surface area contributed by atoms with E-state index in [0.717, 1.165) is 18.1 Å². The molecule has 16 heteroatoms. The number of aliphatic hydroxyl groups is 2. The number of benzene rings is 2. The van der Waals surface area contributed by atoms with Crippen LogP contribution in [0.2, 0.25) is 36.3 Å². The number of amides is 1. The summed E-state index contributed by atoms with van der Waals surface area (Å²) in [6.07, 6.45) is -6.67. The van der Waals surface area contributed by atoms with Gasteiger partial charge >= 0.3 is 17.9 Å². The maximum atomic E-state index is 16.1. The van der Waals surface area contributed by atoms with Crippen LogP contribution >= 0.6 is 0 Å². The Morgan fingerprint density at radius 2 is 1.42 bits per heavy atom. The summed E-state index contributed by atoms with van der Waals surface area (Å²) in [5.74, 6) is -4.79. The van der Waals surface area contributed by atoms with E-state index in [1.807, 2.05) is 39.0 Å². The van der Waals surface area contributed by atoms with Gasteiger partial charge in [-0.3, -0.25) is 14.4 Å². The minimum Gasteiger partial charge on any atom is -0.456 e. The fourth-order valence-electron chi connectivity index (χ4n) is 12.3. The maximum Gasteiger partial charge on any atom is 0.338 e. The molecule has 2 aromatic rings. The lowest BCUT2D eigenvalue weighted by molar-refractivity contribution is -0.344. The predicted molar refractivity (Wildman–Crippen MR) is 274 cm³/mol. The normalized spacial score (nSPS) is 30.3. The van der Waals surface area contributed by atoms with Crippen LogP contribution in [0.25, 0.3) is 0 Å². The van der Waals surface area contributed by atoms with Gasteiger partial charge in [-0.25, -0.2) is 9.59 Å². The molecule has 2 aromatic carbocycles. The molecule has 3 fully saturated rings. The third kappa shape index (κ3) is 9.83. The number of ketones is 1. The maximum absolute atomic E-state index is 16.1. The minimum absolute atomic E-state index is 0.0974. The Morgan fingerprint density at radius 3 is 1.93 bits per heavy atom. The summed E-state index contributed by atoms with van der Waals surface area (Å²) in [6.45, 7) is 23.5. The molecule has 14 nitrogen and oxygen atoms in total. The molecule has 0 unspecified atom stereocenters. The van der Waals surface area contributed by atoms with E-state index < -0.39 is 123 Å². The second kappa shape index (κ2) is 21.7. The third-order valence-corrected chi connectivity index (χ3v) is 26.8. The molecule has 11 atom stereocenters. The van der Waals surface area contributed by atoms with Crippen LogP contribution in [0.3, 0.4) is 0 Å². The Hall–Kier alpha value is -4.30. The number of allylic oxidation sites excluding steroid dienone is 1. The quantitative estimate of drug-likeness (QED) is 0.0398. The van der Waals surface area contributed by atoms with Crippen LogP contribution in [0, 0.1) is 16.7 Å². The number of carbonyl (C=O) groups is 5. The second-order valence-corrected chi connectivity index (χ2v) is 30.5. The van der Waals surface area contributed by atoms with Crippen molar-refractivity contribution in [3.8, 4) is 0 Å². The van der Waals surface area contributed by atoms with E-state index in [2.05, 4.69) is 26.1 Å². The van der Waals surface area contributed by atoms with E-state index in [-0.39, 0.29) is 24.2 Å². The van der Waals surface area contributed by atoms with Gasteiger partial charge in [0, 0.05) is 30.8 Å². The zero-order chi connectivity index (χ0) is 52.5. The van der Waals surface area contributed by atoms with Gasteiger partial charge in [0.1, 0.15) is 30.0 Å². The van der Waals surface area contributed by atoms with Crippen molar-refractivity contribution >= 4 is 46.2 Å². The van der Waals surface area contributed by atoms with Gasteiger partial charge in [0.25, 0.3) is 0 Å². The van der Waals surface area contributed by atoms with Gasteiger partial charge < -0.3 is 43.3 Å². The van der Waals surface area contributed by atoms with Crippen molar-refractivity contribution in [1.29, 1.82) is 0 Å². The highest BCUT2D eigenvalue weighted by Gasteiger charge is 2.78. The lowest BCUT2D eigenvalue weighted by Crippen LogP contribution is -2.82. The Morgan fingerprint density at radius 1 is 0.859 bits per heavy atom. The molecule has 0 radical (unpaired) electrons. The SMILES string of the molecule is C/C=C(\C)C(=O)N[C@@H](c1ccccc1)[C@@H](O[Si](CC)(CC)CC)C(=O)O[C@H]1C[C@@]2(O)[C@@H](OC(=O)c3ccccc3)[C@@H]3[C@]4(OC(C)=O)CO[C@@H]4C[C@H](O[Si](CC)(CC)CC)[C@@]3(C)C(=O)[C@H](O)C(=C1C)C2(C)C. The van der Waals surface area contributed by atoms with Gasteiger partial charge in [0.05, 0.1) is 35.6 Å². The minimum atomic E-state index is -2.69. The first-order valence-corrected chi connectivity index (χ1v) is 30.8. The van der Waals surface area contributed by atoms with Gasteiger partial charge in [-0.2, -0.15) is 0 Å². The van der Waals surface area contributed by atoms with Crippen LogP contribution < -0.4 is 5.32 Å². The highest BCUT2D eigenvalue weighted by atomic mass is 28.4. The summed E-state index contributed by atoms with van der Waals surface area (Å²) < 4.78 is 40.4. The van der Waals surface area contributed by atoms with Crippen molar-refractivity contribution in [1.82, 2.24) is 5.32 Å². The van der Waals surface area contributed by atoms with Gasteiger partial charge in [-0.05, 0) is 92.8 Å². The van der Waals surface area contributed by atoms with E-state index in [1.165, 1.54) is 6.92 Å². The number of carbonyl (C=O) groups excluding carboxylic acids is 5. The smallest absolute Gasteiger partial charge is 0.338 e. The number of hydrogen-bond acceptors (Lipinski definition) is 13. The van der Waals surface area contributed by atoms with Gasteiger partial charge in [-0.1, -0.05) is 110 Å². The largest absolute Gasteiger partial charge is 0.456 e. The average molecular weight is 1020 g/mol. The van der Waals surface area contributed by atoms with Crippen LogP contribution in [-0.2, 0) is 47.0 Å². The van der Waals surface area contributed by atoms with E-state index in [1.54, 1.807) is 90.1 Å². The molecule has 0 aromatic heterocycles. The zero-order valence-electron chi connectivity index (χ0n) is 44.2. The lowest BCUT2D eigenvalue weighted by atomic mass is 9.44. The fourth-order valence-corrected chi connectivity index (χ4v) is 18.1. The molecular weight excluding hydrogens is 939 g/mol. The first-order valence-electron chi connectivity index (χ1n) is 25.8. The molecule has 0 spiro atoms. The van der Waals surface area contributed by atoms with E-state index in [9.17, 15) is 24.6 Å². The summed E-state index contributed by atoms with van der Waals surface area (Å²) in [7, 11) is -5.27. The van der Waals surface area contributed by atoms with Crippen LogP contribution in [0.4, 0.5) is 0 Å². The number of nitrogens with one attached hydrogen (secondary N) is 1. The summed E-state index contributed by atoms with van der Waals surface area (Å²) in [6, 6.07) is 20.5. The molecule has 4 aliphatic rings. The summed E-state index contributed by atoms with van der Waals surface area (Å²) in [5.41, 5.74) is -5.65. The molecule has 71 heavy (non-hydrogen) atoms. The topological polar surface area (TPSA) is 193 Å². The van der Waals surface area contributed by atoms with Crippen molar-refractivity contribution < 1.29 is 62.0 Å². The highest BCUT2D eigenvalue weighted by Crippen LogP contribution is 2.65. The molecular formula is C55H79NO13Si2. The van der Waals surface area contributed by atoms with Gasteiger partial charge in [-0.15, -0.1) is 0 Å². The number of hydrogen-bond donors (Lipinski definition) is 3. The lowest BCUT2D eigenvalue weighted by Gasteiger charge is -2.68. The summed E-state index contributed by atoms with van der Waals surface area (Å²) >= 11 is 0. The van der Waals surface area contributed by atoms with Crippen molar-refractivity contribution in [2.45, 2.75) is 193 Å². The molecule has 2 saturated carbocycles. The first-order chi connectivity index (χ1) is 33.5. The van der Waals surface area contributed by atoms with Gasteiger partial charge in [0.2, 0.25) is 5.91 Å². The molecule has 2 bridgehead atoms. The Balaban J connectivity index is 1.61. The number of fused-ring (bicyclic) bond motifs is 5. The molecule has 1 saturated heterocycles. The van der Waals surface area contributed by atoms with Crippen LogP contribution in [-0.4, -0.2) is 111 Å². The first kappa shape index (κ1) is 56.0. The number of rotatable bonds is 19. The number of esters is 3. The summed E-state index contributed by atoms with van der Waals surface area (Å²) in [5, 5.41) is 30.2. The molecule has 1 amide bonds. The number of ether oxygens (including phenoxy) is 4. The van der Waals surface area contributed by atoms with Crippen LogP contribution in [0.1, 0.15) is 125 Å². The Bertz CT molecular complexity index is 2330. The van der Waals surface area contributed by atoms with E-state index >= 15 is 9.59 Å². The highest BCUT2D eigenvalue weighted by molar-refractivity contribution is 6.74. The van der Waals surface area contributed by atoms with E-state index in [4.69, 9.17) is 27.8 Å². The molecule has 3 N–H and O–H groups in total. The summed E-state index contributed by atoms with van der Waals surface area (Å²) in [4.78, 5) is 73.5. The van der Waals surface area contributed by atoms with Crippen LogP contribution in [0.5, 0.6) is 0 Å². The Kier molecular flexibility index (Phi) is 17.1. The van der Waals surface area contributed by atoms with Gasteiger partial charge in [0.15, 0.2) is 34.1 Å². The van der Waals surface area contributed by atoms with Crippen LogP contribution in [0.15, 0.2) is 83.5 Å². The number of aliphatic hydroxyl groups excluding tert-OH is 1. The van der Waals surface area contributed by atoms with Crippen molar-refractivity contribution in [2.24, 2.45) is 16.7 Å². The third-order valence-electron chi connectivity index (χ3n) is 17.6. The monoisotopic (exact) mass is 1020 g/mol. The number of Topliss-reactive ketones (excluding diaryl/α,β-unsaturated/α-hetero) is 1. The predicted octanol–water partition coefficient (Wildman–Crippen LogP) is 8.88. The van der Waals surface area contributed by atoms with Crippen molar-refractivity contribution in [2.75, 3.05) is 6.61 Å². The molecule has 1 heterocycles. The average Bonchev–Trinajstić information content (AvgIpc) is 3.36. The fraction of sp³-hybridized carbons (Fsp3) is 0.618. The van der Waals surface area contributed by atoms with Crippen molar-refractivity contribution in [3.63, 3.8) is 0 Å². The standard InChI is InChI=1S/C55H79NO13Si2/c1-14-34(8)49(60)56-43(37-27-23-21-24-28-37)45(69-71(18-5,19-6)20-7)51(62)65-39-32-55(63)48(66-50(61)38-29-25-22-26-30-38)46-53(13,47(59)44(58)42(35(39)9)52(55,11)12)40(68-70(15-2,16-3)17-4)31-41-54(46,33-64-41)67-36(10)57/h14,21-30,39-41,43-46,48,58,63H,15-20,31-33H2,1-13H3,(H,56,60)/b34-14+/t39-,40-,41+,43-,44+,45+,46-,48-,53+,54-,55+/m0/s1. The molecule has 390 valence electrons. The Labute approximate surface area is 422 Å². The van der Waals surface area contributed by atoms with E-state index in [0.29, 0.717) is 34.8 Å². The van der Waals surface area contributed by atoms with Crippen molar-refractivity contribution in [3.05, 3.63) is 94.6 Å². The molecule has 6 rings (SSSR count). The zero-order valence-corrected chi connectivity index (χ0v) is 46.2.